The first-order chi connectivity index (χ1) is 12.5. The Balaban J connectivity index is 1.72. The van der Waals surface area contributed by atoms with Gasteiger partial charge in [-0.25, -0.2) is 0 Å². The van der Waals surface area contributed by atoms with Crippen molar-refractivity contribution in [1.29, 1.82) is 0 Å². The minimum atomic E-state index is -1.64. The Morgan fingerprint density at radius 1 is 1.22 bits per heavy atom. The molecule has 0 saturated heterocycles. The number of rotatable bonds is 2. The van der Waals surface area contributed by atoms with Crippen molar-refractivity contribution in [2.75, 3.05) is 6.61 Å². The van der Waals surface area contributed by atoms with Crippen LogP contribution in [0.25, 0.3) is 0 Å². The Morgan fingerprint density at radius 2 is 1.93 bits per heavy atom. The zero-order valence-electron chi connectivity index (χ0n) is 16.0. The van der Waals surface area contributed by atoms with E-state index in [1.54, 1.807) is 13.0 Å². The lowest BCUT2D eigenvalue weighted by atomic mass is 9.45. The summed E-state index contributed by atoms with van der Waals surface area (Å²) in [5, 5.41) is 43.2. The second-order valence-electron chi connectivity index (χ2n) is 9.78. The maximum atomic E-state index is 12.4. The van der Waals surface area contributed by atoms with E-state index in [2.05, 4.69) is 0 Å². The van der Waals surface area contributed by atoms with Gasteiger partial charge in [-0.1, -0.05) is 13.0 Å². The molecule has 0 aliphatic heterocycles. The molecule has 0 amide bonds. The van der Waals surface area contributed by atoms with Gasteiger partial charge < -0.3 is 20.4 Å². The molecular formula is C21H30O6. The van der Waals surface area contributed by atoms with E-state index in [1.807, 2.05) is 13.0 Å². The SMILES string of the molecule is C[C@]1(O)[C@@H]2[C@@H](CC[C@]13C=CC(=O)C3)[C@@H]1CC[C@](O)(C(=O)CO)[C@@]1(C)C[C@@H]2O. The van der Waals surface area contributed by atoms with Crippen LogP contribution in [-0.4, -0.2) is 55.9 Å². The minimum absolute atomic E-state index is 0.00708. The summed E-state index contributed by atoms with van der Waals surface area (Å²) in [6.45, 7) is 2.87. The molecule has 6 nitrogen and oxygen atoms in total. The Bertz CT molecular complexity index is 713. The van der Waals surface area contributed by atoms with Crippen molar-refractivity contribution < 1.29 is 30.0 Å². The van der Waals surface area contributed by atoms with Crippen LogP contribution in [0.3, 0.4) is 0 Å². The van der Waals surface area contributed by atoms with E-state index in [0.29, 0.717) is 12.8 Å². The van der Waals surface area contributed by atoms with Gasteiger partial charge in [0, 0.05) is 23.2 Å². The molecule has 150 valence electrons. The molecule has 0 aromatic carbocycles. The van der Waals surface area contributed by atoms with Crippen molar-refractivity contribution in [2.24, 2.45) is 28.6 Å². The van der Waals surface area contributed by atoms with Crippen LogP contribution in [0.15, 0.2) is 12.2 Å². The molecule has 27 heavy (non-hydrogen) atoms. The third kappa shape index (κ3) is 2.21. The average Bonchev–Trinajstić information content (AvgIpc) is 3.10. The fourth-order valence-electron chi connectivity index (χ4n) is 7.35. The predicted octanol–water partition coefficient (Wildman–Crippen LogP) is 0.752. The van der Waals surface area contributed by atoms with E-state index in [0.717, 1.165) is 6.42 Å². The Morgan fingerprint density at radius 3 is 2.52 bits per heavy atom. The maximum Gasteiger partial charge on any atom is 0.190 e. The molecule has 0 aromatic rings. The second kappa shape index (κ2) is 5.72. The van der Waals surface area contributed by atoms with Gasteiger partial charge in [-0.3, -0.25) is 9.59 Å². The van der Waals surface area contributed by atoms with Gasteiger partial charge in [0.2, 0.25) is 0 Å². The van der Waals surface area contributed by atoms with Gasteiger partial charge in [-0.2, -0.15) is 0 Å². The fraction of sp³-hybridized carbons (Fsp3) is 0.810. The van der Waals surface area contributed by atoms with Crippen molar-refractivity contribution in [3.63, 3.8) is 0 Å². The number of carbonyl (C=O) groups is 2. The molecule has 0 unspecified atom stereocenters. The van der Waals surface area contributed by atoms with Crippen LogP contribution in [-0.2, 0) is 9.59 Å². The zero-order chi connectivity index (χ0) is 19.8. The zero-order valence-corrected chi connectivity index (χ0v) is 16.0. The maximum absolute atomic E-state index is 12.4. The smallest absolute Gasteiger partial charge is 0.190 e. The van der Waals surface area contributed by atoms with E-state index in [-0.39, 0.29) is 36.9 Å². The van der Waals surface area contributed by atoms with E-state index in [1.165, 1.54) is 0 Å². The number of aliphatic hydroxyl groups excluding tert-OH is 2. The number of hydrogen-bond donors (Lipinski definition) is 4. The lowest BCUT2D eigenvalue weighted by Gasteiger charge is -2.62. The highest BCUT2D eigenvalue weighted by Gasteiger charge is 2.70. The first kappa shape index (κ1) is 19.2. The molecule has 8 atom stereocenters. The summed E-state index contributed by atoms with van der Waals surface area (Å²) in [7, 11) is 0. The Labute approximate surface area is 159 Å². The van der Waals surface area contributed by atoms with E-state index < -0.39 is 46.4 Å². The molecule has 0 radical (unpaired) electrons. The molecule has 3 saturated carbocycles. The van der Waals surface area contributed by atoms with Gasteiger partial charge in [0.05, 0.1) is 11.7 Å². The number of aliphatic hydroxyl groups is 4. The molecular weight excluding hydrogens is 348 g/mol. The first-order valence-electron chi connectivity index (χ1n) is 10.0. The van der Waals surface area contributed by atoms with Crippen molar-refractivity contribution in [3.8, 4) is 0 Å². The molecule has 0 heterocycles. The van der Waals surface area contributed by atoms with Gasteiger partial charge in [0.25, 0.3) is 0 Å². The molecule has 0 bridgehead atoms. The summed E-state index contributed by atoms with van der Waals surface area (Å²) in [5.74, 6) is -1.04. The van der Waals surface area contributed by atoms with Crippen LogP contribution in [0.2, 0.25) is 0 Å². The number of hydrogen-bond acceptors (Lipinski definition) is 6. The summed E-state index contributed by atoms with van der Waals surface area (Å²) in [6.07, 6.45) is 5.24. The number of allylic oxidation sites excluding steroid dienone is 1. The van der Waals surface area contributed by atoms with Gasteiger partial charge in [0.1, 0.15) is 12.2 Å². The highest BCUT2D eigenvalue weighted by molar-refractivity contribution is 5.93. The normalized spacial score (nSPS) is 54.2. The standard InChI is InChI=1S/C21H30O6/c1-18-10-15(24)17-13(14(18)5-8-21(18,27)16(25)11-22)4-7-20(19(17,2)26)6-3-12(23)9-20/h3,6,13-15,17,22,24,26-27H,4-5,7-11H2,1-2H3/t13-,14-,15-,17+,18-,19-,20-,21-/m0/s1. The summed E-state index contributed by atoms with van der Waals surface area (Å²) < 4.78 is 0. The third-order valence-electron chi connectivity index (χ3n) is 8.87. The molecule has 0 aromatic heterocycles. The Hall–Kier alpha value is -1.08. The lowest BCUT2D eigenvalue weighted by Crippen LogP contribution is -2.66. The van der Waals surface area contributed by atoms with E-state index >= 15 is 0 Å². The summed E-state index contributed by atoms with van der Waals surface area (Å²) >= 11 is 0. The highest BCUT2D eigenvalue weighted by atomic mass is 16.3. The van der Waals surface area contributed by atoms with Crippen LogP contribution in [0.1, 0.15) is 52.4 Å². The lowest BCUT2D eigenvalue weighted by molar-refractivity contribution is -0.228. The van der Waals surface area contributed by atoms with Crippen LogP contribution < -0.4 is 0 Å². The van der Waals surface area contributed by atoms with Crippen LogP contribution in [0.4, 0.5) is 0 Å². The van der Waals surface area contributed by atoms with Crippen LogP contribution in [0.5, 0.6) is 0 Å². The van der Waals surface area contributed by atoms with Gasteiger partial charge in [-0.05, 0) is 56.9 Å². The fourth-order valence-corrected chi connectivity index (χ4v) is 7.35. The van der Waals surface area contributed by atoms with Gasteiger partial charge in [-0.15, -0.1) is 0 Å². The molecule has 1 spiro atoms. The highest BCUT2D eigenvalue weighted by Crippen LogP contribution is 2.67. The van der Waals surface area contributed by atoms with Crippen molar-refractivity contribution in [1.82, 2.24) is 0 Å². The summed E-state index contributed by atoms with van der Waals surface area (Å²) in [4.78, 5) is 24.3. The molecule has 6 heteroatoms. The molecule has 4 N–H and O–H groups in total. The predicted molar refractivity (Wildman–Crippen MR) is 96.5 cm³/mol. The topological polar surface area (TPSA) is 115 Å². The number of ketones is 2. The van der Waals surface area contributed by atoms with E-state index in [9.17, 15) is 30.0 Å². The number of carbonyl (C=O) groups excluding carboxylic acids is 2. The monoisotopic (exact) mass is 378 g/mol. The molecule has 4 rings (SSSR count). The average molecular weight is 378 g/mol. The number of Topliss-reactive ketones (excluding diaryl/α,β-unsaturated/α-hetero) is 1. The quantitative estimate of drug-likeness (QED) is 0.564. The van der Waals surface area contributed by atoms with E-state index in [4.69, 9.17) is 0 Å². The van der Waals surface area contributed by atoms with Crippen molar-refractivity contribution >= 4 is 11.6 Å². The van der Waals surface area contributed by atoms with Crippen molar-refractivity contribution in [3.05, 3.63) is 12.2 Å². The third-order valence-corrected chi connectivity index (χ3v) is 8.87. The minimum Gasteiger partial charge on any atom is -0.393 e. The van der Waals surface area contributed by atoms with Crippen molar-refractivity contribution in [2.45, 2.75) is 69.7 Å². The molecule has 4 aliphatic carbocycles. The van der Waals surface area contributed by atoms with Crippen LogP contribution in [0, 0.1) is 28.6 Å². The molecule has 4 aliphatic rings. The first-order valence-corrected chi connectivity index (χ1v) is 10.0. The van der Waals surface area contributed by atoms with Crippen LogP contribution >= 0.6 is 0 Å². The second-order valence-corrected chi connectivity index (χ2v) is 9.78. The summed E-state index contributed by atoms with van der Waals surface area (Å²) in [6, 6.07) is 0. The van der Waals surface area contributed by atoms with Gasteiger partial charge >= 0.3 is 0 Å². The summed E-state index contributed by atoms with van der Waals surface area (Å²) in [5.41, 5.74) is -4.34. The molecule has 3 fully saturated rings. The Kier molecular flexibility index (Phi) is 4.08. The largest absolute Gasteiger partial charge is 0.393 e. The number of fused-ring (bicyclic) bond motifs is 3. The van der Waals surface area contributed by atoms with Gasteiger partial charge in [0.15, 0.2) is 11.6 Å².